The molecule has 154 valence electrons. The SMILES string of the molecule is CN1C(=O)[C@](c2cccc(OCC3CC3)c2)(C2C=CC(OC(F)F)=CC2)N=C1N. The van der Waals surface area contributed by atoms with E-state index in [4.69, 9.17) is 10.5 Å². The number of carbonyl (C=O) groups excluding carboxylic acids is 1. The second kappa shape index (κ2) is 7.50. The second-order valence-electron chi connectivity index (χ2n) is 7.57. The zero-order valence-corrected chi connectivity index (χ0v) is 16.1. The minimum absolute atomic E-state index is 0.0728. The van der Waals surface area contributed by atoms with Gasteiger partial charge in [-0.3, -0.25) is 9.69 Å². The number of carbonyl (C=O) groups is 1. The van der Waals surface area contributed by atoms with Gasteiger partial charge in [0, 0.05) is 13.0 Å². The fourth-order valence-corrected chi connectivity index (χ4v) is 3.73. The van der Waals surface area contributed by atoms with E-state index in [0.29, 0.717) is 30.3 Å². The summed E-state index contributed by atoms with van der Waals surface area (Å²) in [6, 6.07) is 7.31. The summed E-state index contributed by atoms with van der Waals surface area (Å²) in [6.45, 7) is -2.25. The van der Waals surface area contributed by atoms with E-state index in [9.17, 15) is 13.6 Å². The van der Waals surface area contributed by atoms with Crippen LogP contribution in [0, 0.1) is 11.8 Å². The highest BCUT2D eigenvalue weighted by molar-refractivity contribution is 6.07. The van der Waals surface area contributed by atoms with Gasteiger partial charge in [-0.25, -0.2) is 4.99 Å². The first kappa shape index (κ1) is 19.4. The van der Waals surface area contributed by atoms with Crippen molar-refractivity contribution in [3.8, 4) is 5.75 Å². The molecule has 3 aliphatic rings. The third kappa shape index (κ3) is 3.71. The standard InChI is InChI=1S/C21H23F2N3O3/c1-26-18(27)21(25-20(26)24,14-7-9-16(10-8-14)29-19(22)23)15-3-2-4-17(11-15)28-12-13-5-6-13/h2-4,7,9-11,13-14,19H,5-6,8,12H2,1H3,(H2,24,25)/t14?,21-/m1/s1. The molecule has 0 spiro atoms. The summed E-state index contributed by atoms with van der Waals surface area (Å²) in [5, 5.41) is 0. The van der Waals surface area contributed by atoms with Crippen LogP contribution in [0.15, 0.2) is 53.2 Å². The van der Waals surface area contributed by atoms with Crippen molar-refractivity contribution in [2.45, 2.75) is 31.4 Å². The second-order valence-corrected chi connectivity index (χ2v) is 7.57. The number of benzene rings is 1. The lowest BCUT2D eigenvalue weighted by molar-refractivity contribution is -0.132. The number of likely N-dealkylation sites (N-methyl/N-ethyl adjacent to an activating group) is 1. The molecule has 4 rings (SSSR count). The van der Waals surface area contributed by atoms with Crippen molar-refractivity contribution in [1.82, 2.24) is 4.90 Å². The number of alkyl halides is 2. The highest BCUT2D eigenvalue weighted by atomic mass is 19.3. The first-order valence-electron chi connectivity index (χ1n) is 9.60. The molecule has 1 aromatic rings. The predicted octanol–water partition coefficient (Wildman–Crippen LogP) is 3.16. The summed E-state index contributed by atoms with van der Waals surface area (Å²) >= 11 is 0. The number of nitrogens with two attached hydrogens (primary N) is 1. The molecule has 1 unspecified atom stereocenters. The summed E-state index contributed by atoms with van der Waals surface area (Å²) in [7, 11) is 1.57. The Hall–Kier alpha value is -2.90. The molecule has 0 radical (unpaired) electrons. The lowest BCUT2D eigenvalue weighted by Crippen LogP contribution is -2.44. The number of amides is 1. The van der Waals surface area contributed by atoms with Crippen LogP contribution < -0.4 is 10.5 Å². The lowest BCUT2D eigenvalue weighted by atomic mass is 9.74. The average Bonchev–Trinajstić information content (AvgIpc) is 3.51. The minimum atomic E-state index is -2.90. The van der Waals surface area contributed by atoms with Gasteiger partial charge in [-0.1, -0.05) is 18.2 Å². The van der Waals surface area contributed by atoms with Gasteiger partial charge in [-0.15, -0.1) is 0 Å². The first-order chi connectivity index (χ1) is 13.9. The average molecular weight is 403 g/mol. The summed E-state index contributed by atoms with van der Waals surface area (Å²) in [6.07, 6.45) is 7.34. The van der Waals surface area contributed by atoms with Crippen LogP contribution in [-0.2, 0) is 15.1 Å². The van der Waals surface area contributed by atoms with Gasteiger partial charge in [-0.05, 0) is 55.0 Å². The van der Waals surface area contributed by atoms with Crippen LogP contribution in [0.3, 0.4) is 0 Å². The van der Waals surface area contributed by atoms with Crippen molar-refractivity contribution < 1.29 is 23.0 Å². The zero-order valence-electron chi connectivity index (χ0n) is 16.1. The van der Waals surface area contributed by atoms with Crippen molar-refractivity contribution in [2.75, 3.05) is 13.7 Å². The Morgan fingerprint density at radius 3 is 2.76 bits per heavy atom. The van der Waals surface area contributed by atoms with Crippen LogP contribution in [0.2, 0.25) is 0 Å². The fraction of sp³-hybridized carbons (Fsp3) is 0.429. The van der Waals surface area contributed by atoms with Crippen LogP contribution in [0.1, 0.15) is 24.8 Å². The summed E-state index contributed by atoms with van der Waals surface area (Å²) in [5.74, 6) is 0.787. The number of ether oxygens (including phenoxy) is 2. The molecule has 1 aromatic carbocycles. The van der Waals surface area contributed by atoms with E-state index in [2.05, 4.69) is 9.73 Å². The normalized spacial score (nSPS) is 26.6. The molecule has 8 heteroatoms. The topological polar surface area (TPSA) is 77.2 Å². The third-order valence-corrected chi connectivity index (χ3v) is 5.55. The number of hydrogen-bond acceptors (Lipinski definition) is 5. The minimum Gasteiger partial charge on any atom is -0.493 e. The zero-order chi connectivity index (χ0) is 20.6. The number of aliphatic imine (C=N–C) groups is 1. The van der Waals surface area contributed by atoms with Gasteiger partial charge >= 0.3 is 6.61 Å². The van der Waals surface area contributed by atoms with Gasteiger partial charge in [0.25, 0.3) is 5.91 Å². The Bertz CT molecular complexity index is 895. The van der Waals surface area contributed by atoms with Gasteiger partial charge in [0.2, 0.25) is 0 Å². The molecule has 1 heterocycles. The number of guanidine groups is 1. The molecule has 0 bridgehead atoms. The molecular weight excluding hydrogens is 380 g/mol. The van der Waals surface area contributed by atoms with E-state index < -0.39 is 18.1 Å². The Morgan fingerprint density at radius 1 is 1.38 bits per heavy atom. The molecular formula is C21H23F2N3O3. The van der Waals surface area contributed by atoms with Gasteiger partial charge in [0.05, 0.1) is 6.61 Å². The van der Waals surface area contributed by atoms with Gasteiger partial charge in [0.1, 0.15) is 11.5 Å². The van der Waals surface area contributed by atoms with Crippen molar-refractivity contribution in [3.05, 3.63) is 53.8 Å². The Kier molecular flexibility index (Phi) is 5.02. The van der Waals surface area contributed by atoms with Crippen LogP contribution in [-0.4, -0.2) is 37.0 Å². The Balaban J connectivity index is 1.66. The lowest BCUT2D eigenvalue weighted by Gasteiger charge is -2.33. The van der Waals surface area contributed by atoms with E-state index in [0.717, 1.165) is 0 Å². The maximum atomic E-state index is 13.3. The number of rotatable bonds is 7. The smallest absolute Gasteiger partial charge is 0.387 e. The van der Waals surface area contributed by atoms with Crippen molar-refractivity contribution in [3.63, 3.8) is 0 Å². The largest absolute Gasteiger partial charge is 0.493 e. The van der Waals surface area contributed by atoms with Gasteiger partial charge in [-0.2, -0.15) is 8.78 Å². The summed E-state index contributed by atoms with van der Waals surface area (Å²) in [4.78, 5) is 19.1. The van der Waals surface area contributed by atoms with E-state index in [-0.39, 0.29) is 17.6 Å². The first-order valence-corrected chi connectivity index (χ1v) is 9.60. The highest BCUT2D eigenvalue weighted by Crippen LogP contribution is 2.44. The van der Waals surface area contributed by atoms with Crippen molar-refractivity contribution in [2.24, 2.45) is 22.6 Å². The quantitative estimate of drug-likeness (QED) is 0.759. The van der Waals surface area contributed by atoms with Crippen LogP contribution in [0.25, 0.3) is 0 Å². The Labute approximate surface area is 167 Å². The maximum Gasteiger partial charge on any atom is 0.387 e. The molecule has 6 nitrogen and oxygen atoms in total. The Morgan fingerprint density at radius 2 is 2.17 bits per heavy atom. The van der Waals surface area contributed by atoms with E-state index in [1.807, 2.05) is 24.3 Å². The number of hydrogen-bond donors (Lipinski definition) is 1. The summed E-state index contributed by atoms with van der Waals surface area (Å²) < 4.78 is 35.3. The number of halogens is 2. The molecule has 1 aliphatic heterocycles. The molecule has 0 aromatic heterocycles. The molecule has 0 saturated heterocycles. The van der Waals surface area contributed by atoms with Crippen LogP contribution >= 0.6 is 0 Å². The van der Waals surface area contributed by atoms with E-state index in [1.54, 1.807) is 19.2 Å². The van der Waals surface area contributed by atoms with Crippen molar-refractivity contribution >= 4 is 11.9 Å². The molecule has 2 N–H and O–H groups in total. The predicted molar refractivity (Wildman–Crippen MR) is 103 cm³/mol. The molecule has 2 atom stereocenters. The fourth-order valence-electron chi connectivity index (χ4n) is 3.73. The monoisotopic (exact) mass is 403 g/mol. The van der Waals surface area contributed by atoms with E-state index >= 15 is 0 Å². The molecule has 1 saturated carbocycles. The number of nitrogens with zero attached hydrogens (tertiary/aromatic N) is 2. The molecule has 1 fully saturated rings. The maximum absolute atomic E-state index is 13.3. The molecule has 1 amide bonds. The summed E-state index contributed by atoms with van der Waals surface area (Å²) in [5.41, 5.74) is 5.37. The van der Waals surface area contributed by atoms with E-state index in [1.165, 1.54) is 23.8 Å². The number of allylic oxidation sites excluding steroid dienone is 2. The highest BCUT2D eigenvalue weighted by Gasteiger charge is 2.52. The van der Waals surface area contributed by atoms with Crippen LogP contribution in [0.5, 0.6) is 5.75 Å². The van der Waals surface area contributed by atoms with Gasteiger partial charge in [0.15, 0.2) is 11.5 Å². The third-order valence-electron chi connectivity index (χ3n) is 5.55. The van der Waals surface area contributed by atoms with Crippen molar-refractivity contribution in [1.29, 1.82) is 0 Å². The van der Waals surface area contributed by atoms with Crippen LogP contribution in [0.4, 0.5) is 8.78 Å². The van der Waals surface area contributed by atoms with Gasteiger partial charge < -0.3 is 15.2 Å². The molecule has 29 heavy (non-hydrogen) atoms. The molecule has 2 aliphatic carbocycles.